The molecule has 0 atom stereocenters. The first-order chi connectivity index (χ1) is 17.6. The first-order valence-corrected chi connectivity index (χ1v) is 13.8. The van der Waals surface area contributed by atoms with Crippen LogP contribution in [0.5, 0.6) is 0 Å². The number of hydrazone groups is 1. The van der Waals surface area contributed by atoms with E-state index >= 15 is 0 Å². The van der Waals surface area contributed by atoms with Gasteiger partial charge in [-0.15, -0.1) is 0 Å². The van der Waals surface area contributed by atoms with Gasteiger partial charge in [0, 0.05) is 27.7 Å². The minimum atomic E-state index is -3.67. The van der Waals surface area contributed by atoms with Gasteiger partial charge in [0.05, 0.1) is 30.3 Å². The highest BCUT2D eigenvalue weighted by Crippen LogP contribution is 2.25. The van der Waals surface area contributed by atoms with Crippen molar-refractivity contribution in [2.45, 2.75) is 20.4 Å². The molecule has 3 aromatic carbocycles. The summed E-state index contributed by atoms with van der Waals surface area (Å²) in [5.41, 5.74) is 7.58. The zero-order chi connectivity index (χ0) is 26.6. The van der Waals surface area contributed by atoms with Crippen molar-refractivity contribution >= 4 is 39.4 Å². The Bertz CT molecular complexity index is 1550. The van der Waals surface area contributed by atoms with Gasteiger partial charge in [0.25, 0.3) is 5.91 Å². The van der Waals surface area contributed by atoms with E-state index in [0.717, 1.165) is 34.5 Å². The molecule has 1 aromatic heterocycles. The molecule has 7 nitrogen and oxygen atoms in total. The van der Waals surface area contributed by atoms with Crippen LogP contribution in [0.1, 0.15) is 32.9 Å². The minimum Gasteiger partial charge on any atom is -0.318 e. The SMILES string of the molecule is Cc1cc(/C=N\NC(=O)c2ccccc2N(Cc2ccccc2)S(C)(=O)=O)c(C)n1-c1ccc(Cl)cc1. The van der Waals surface area contributed by atoms with Crippen molar-refractivity contribution in [2.24, 2.45) is 5.10 Å². The highest BCUT2D eigenvalue weighted by Gasteiger charge is 2.23. The van der Waals surface area contributed by atoms with Crippen LogP contribution < -0.4 is 9.73 Å². The van der Waals surface area contributed by atoms with Gasteiger partial charge in [0.2, 0.25) is 10.0 Å². The standard InChI is InChI=1S/C28H27ClN4O3S/c1-20-17-23(21(2)33(20)25-15-13-24(29)14-16-25)18-30-31-28(34)26-11-7-8-12-27(26)32(37(3,35)36)19-22-9-5-4-6-10-22/h4-18H,19H2,1-3H3,(H,31,34)/b30-18-. The van der Waals surface area contributed by atoms with Crippen LogP contribution in [0.2, 0.25) is 5.02 Å². The molecule has 0 unspecified atom stereocenters. The Morgan fingerprint density at radius 1 is 1.00 bits per heavy atom. The lowest BCUT2D eigenvalue weighted by Crippen LogP contribution is -2.32. The minimum absolute atomic E-state index is 0.101. The number of hydrogen-bond donors (Lipinski definition) is 1. The van der Waals surface area contributed by atoms with Gasteiger partial charge < -0.3 is 4.57 Å². The number of nitrogens with zero attached hydrogens (tertiary/aromatic N) is 3. The Morgan fingerprint density at radius 3 is 2.32 bits per heavy atom. The van der Waals surface area contributed by atoms with E-state index in [1.807, 2.05) is 74.5 Å². The number of nitrogens with one attached hydrogen (secondary N) is 1. The number of hydrogen-bond acceptors (Lipinski definition) is 4. The van der Waals surface area contributed by atoms with Crippen LogP contribution in [0.3, 0.4) is 0 Å². The van der Waals surface area contributed by atoms with Gasteiger partial charge in [0.1, 0.15) is 0 Å². The largest absolute Gasteiger partial charge is 0.318 e. The molecule has 37 heavy (non-hydrogen) atoms. The molecule has 0 radical (unpaired) electrons. The van der Waals surface area contributed by atoms with Crippen LogP contribution in [0, 0.1) is 13.8 Å². The van der Waals surface area contributed by atoms with Crippen molar-refractivity contribution in [2.75, 3.05) is 10.6 Å². The molecule has 0 aliphatic carbocycles. The normalized spacial score (nSPS) is 11.6. The average Bonchev–Trinajstić information content (AvgIpc) is 3.15. The summed E-state index contributed by atoms with van der Waals surface area (Å²) in [6, 6.07) is 25.3. The summed E-state index contributed by atoms with van der Waals surface area (Å²) in [6.07, 6.45) is 2.70. The Morgan fingerprint density at radius 2 is 1.65 bits per heavy atom. The van der Waals surface area contributed by atoms with Gasteiger partial charge in [-0.1, -0.05) is 54.1 Å². The molecule has 9 heteroatoms. The van der Waals surface area contributed by atoms with E-state index in [4.69, 9.17) is 11.6 Å². The number of carbonyl (C=O) groups excluding carboxylic acids is 1. The van der Waals surface area contributed by atoms with E-state index in [9.17, 15) is 13.2 Å². The second kappa shape index (κ2) is 11.0. The molecule has 4 aromatic rings. The van der Waals surface area contributed by atoms with Crippen LogP contribution >= 0.6 is 11.6 Å². The van der Waals surface area contributed by atoms with Crippen molar-refractivity contribution in [3.63, 3.8) is 0 Å². The van der Waals surface area contributed by atoms with Crippen molar-refractivity contribution in [3.8, 4) is 5.69 Å². The van der Waals surface area contributed by atoms with Gasteiger partial charge in [-0.3, -0.25) is 9.10 Å². The molecular weight excluding hydrogens is 508 g/mol. The van der Waals surface area contributed by atoms with Gasteiger partial charge >= 0.3 is 0 Å². The zero-order valence-electron chi connectivity index (χ0n) is 20.7. The van der Waals surface area contributed by atoms with Crippen molar-refractivity contribution in [1.29, 1.82) is 0 Å². The summed E-state index contributed by atoms with van der Waals surface area (Å²) in [6.45, 7) is 4.05. The predicted octanol–water partition coefficient (Wildman–Crippen LogP) is 5.48. The Hall–Kier alpha value is -3.88. The number of halogens is 1. The van der Waals surface area contributed by atoms with Crippen LogP contribution in [0.15, 0.2) is 90.0 Å². The number of amides is 1. The third kappa shape index (κ3) is 6.10. The number of carbonyl (C=O) groups is 1. The summed E-state index contributed by atoms with van der Waals surface area (Å²) in [5.74, 6) is -0.514. The highest BCUT2D eigenvalue weighted by molar-refractivity contribution is 7.92. The fraction of sp³-hybridized carbons (Fsp3) is 0.143. The molecule has 0 saturated carbocycles. The van der Waals surface area contributed by atoms with E-state index in [0.29, 0.717) is 5.02 Å². The van der Waals surface area contributed by atoms with Crippen LogP contribution in [-0.2, 0) is 16.6 Å². The van der Waals surface area contributed by atoms with E-state index in [2.05, 4.69) is 15.1 Å². The Labute approximate surface area is 222 Å². The monoisotopic (exact) mass is 534 g/mol. The number of benzene rings is 3. The number of para-hydroxylation sites is 1. The quantitative estimate of drug-likeness (QED) is 0.240. The van der Waals surface area contributed by atoms with Crippen LogP contribution in [-0.4, -0.2) is 31.4 Å². The predicted molar refractivity (Wildman–Crippen MR) is 149 cm³/mol. The summed E-state index contributed by atoms with van der Waals surface area (Å²) < 4.78 is 28.6. The molecule has 1 N–H and O–H groups in total. The van der Waals surface area contributed by atoms with Gasteiger partial charge in [-0.25, -0.2) is 13.8 Å². The van der Waals surface area contributed by atoms with E-state index in [-0.39, 0.29) is 17.8 Å². The molecule has 0 spiro atoms. The molecule has 4 rings (SSSR count). The summed E-state index contributed by atoms with van der Waals surface area (Å²) in [4.78, 5) is 13.1. The second-order valence-corrected chi connectivity index (χ2v) is 11.0. The molecule has 1 amide bonds. The van der Waals surface area contributed by atoms with Crippen LogP contribution in [0.4, 0.5) is 5.69 Å². The summed E-state index contributed by atoms with van der Waals surface area (Å²) >= 11 is 6.02. The zero-order valence-corrected chi connectivity index (χ0v) is 22.3. The molecule has 0 saturated heterocycles. The lowest BCUT2D eigenvalue weighted by atomic mass is 10.1. The maximum absolute atomic E-state index is 13.1. The van der Waals surface area contributed by atoms with Crippen molar-refractivity contribution < 1.29 is 13.2 Å². The second-order valence-electron chi connectivity index (χ2n) is 8.61. The number of anilines is 1. The first-order valence-electron chi connectivity index (χ1n) is 11.5. The highest BCUT2D eigenvalue weighted by atomic mass is 35.5. The van der Waals surface area contributed by atoms with Gasteiger partial charge in [-0.05, 0) is 61.9 Å². The first kappa shape index (κ1) is 26.2. The molecule has 0 aliphatic rings. The smallest absolute Gasteiger partial charge is 0.273 e. The number of rotatable bonds is 8. The molecule has 1 heterocycles. The number of aromatic nitrogens is 1. The maximum atomic E-state index is 13.1. The lowest BCUT2D eigenvalue weighted by Gasteiger charge is -2.24. The molecular formula is C28H27ClN4O3S. The third-order valence-corrected chi connectivity index (χ3v) is 7.29. The summed E-state index contributed by atoms with van der Waals surface area (Å²) in [5, 5.41) is 4.82. The lowest BCUT2D eigenvalue weighted by molar-refractivity contribution is 0.0955. The van der Waals surface area contributed by atoms with Gasteiger partial charge in [-0.2, -0.15) is 5.10 Å². The fourth-order valence-electron chi connectivity index (χ4n) is 4.14. The van der Waals surface area contributed by atoms with Crippen LogP contribution in [0.25, 0.3) is 5.69 Å². The molecule has 0 fully saturated rings. The molecule has 0 aliphatic heterocycles. The average molecular weight is 535 g/mol. The molecule has 0 bridgehead atoms. The Balaban J connectivity index is 1.57. The van der Waals surface area contributed by atoms with E-state index in [1.54, 1.807) is 30.5 Å². The third-order valence-electron chi connectivity index (χ3n) is 5.91. The van der Waals surface area contributed by atoms with Crippen molar-refractivity contribution in [3.05, 3.63) is 118 Å². The van der Waals surface area contributed by atoms with Crippen molar-refractivity contribution in [1.82, 2.24) is 9.99 Å². The van der Waals surface area contributed by atoms with E-state index in [1.165, 1.54) is 4.31 Å². The maximum Gasteiger partial charge on any atom is 0.273 e. The van der Waals surface area contributed by atoms with Gasteiger partial charge in [0.15, 0.2) is 0 Å². The Kier molecular flexibility index (Phi) is 7.80. The topological polar surface area (TPSA) is 83.8 Å². The number of aryl methyl sites for hydroxylation is 1. The van der Waals surface area contributed by atoms with E-state index < -0.39 is 15.9 Å². The summed E-state index contributed by atoms with van der Waals surface area (Å²) in [7, 11) is -3.67. The fourth-order valence-corrected chi connectivity index (χ4v) is 5.17. The molecule has 190 valence electrons. The number of sulfonamides is 1.